The van der Waals surface area contributed by atoms with Gasteiger partial charge in [0, 0.05) is 81.5 Å². The van der Waals surface area contributed by atoms with Crippen molar-refractivity contribution >= 4 is 28.9 Å². The van der Waals surface area contributed by atoms with Gasteiger partial charge in [-0.15, -0.1) is 0 Å². The highest BCUT2D eigenvalue weighted by Crippen LogP contribution is 2.32. The maximum absolute atomic E-state index is 12.6. The number of piperidine rings is 1. The Kier molecular flexibility index (Phi) is 9.06. The first-order valence-electron chi connectivity index (χ1n) is 15.6. The molecule has 0 spiro atoms. The first kappa shape index (κ1) is 29.3. The molecule has 10 nitrogen and oxygen atoms in total. The topological polar surface area (TPSA) is 112 Å². The zero-order valence-corrected chi connectivity index (χ0v) is 25.4. The largest absolute Gasteiger partial charge is 0.381 e. The Labute approximate surface area is 254 Å². The first-order chi connectivity index (χ1) is 20.9. The molecule has 228 valence electrons. The normalized spacial score (nSPS) is 19.3. The Balaban J connectivity index is 1.21. The number of amides is 1. The Morgan fingerprint density at radius 2 is 1.63 bits per heavy atom. The maximum atomic E-state index is 12.6. The van der Waals surface area contributed by atoms with Gasteiger partial charge < -0.3 is 30.9 Å². The molecule has 3 aliphatic rings. The van der Waals surface area contributed by atoms with Gasteiger partial charge in [-0.3, -0.25) is 9.69 Å². The van der Waals surface area contributed by atoms with Crippen molar-refractivity contribution in [3.8, 4) is 11.3 Å². The number of piperazine rings is 1. The zero-order valence-electron chi connectivity index (χ0n) is 25.4. The van der Waals surface area contributed by atoms with Gasteiger partial charge in [0.1, 0.15) is 5.69 Å². The van der Waals surface area contributed by atoms with Gasteiger partial charge >= 0.3 is 0 Å². The lowest BCUT2D eigenvalue weighted by Crippen LogP contribution is -2.52. The van der Waals surface area contributed by atoms with Gasteiger partial charge in [-0.2, -0.15) is 0 Å². The number of rotatable bonds is 8. The van der Waals surface area contributed by atoms with Crippen molar-refractivity contribution in [3.63, 3.8) is 0 Å². The Bertz CT molecular complexity index is 1400. The van der Waals surface area contributed by atoms with E-state index in [1.807, 2.05) is 30.3 Å². The lowest BCUT2D eigenvalue weighted by molar-refractivity contribution is 0.0904. The number of anilines is 4. The number of nitrogens with one attached hydrogen (secondary N) is 2. The smallest absolute Gasteiger partial charge is 0.271 e. The number of primary amides is 1. The van der Waals surface area contributed by atoms with E-state index in [0.29, 0.717) is 36.6 Å². The second-order valence-corrected chi connectivity index (χ2v) is 12.1. The van der Waals surface area contributed by atoms with Crippen LogP contribution in [0.1, 0.15) is 41.7 Å². The predicted octanol–water partition coefficient (Wildman–Crippen LogP) is 4.10. The number of nitrogens with two attached hydrogens (primary N) is 1. The van der Waals surface area contributed by atoms with E-state index in [0.717, 1.165) is 50.3 Å². The van der Waals surface area contributed by atoms with E-state index in [9.17, 15) is 4.79 Å². The molecular formula is C33H44N8O2. The van der Waals surface area contributed by atoms with Crippen molar-refractivity contribution in [2.45, 2.75) is 44.7 Å². The Morgan fingerprint density at radius 3 is 2.30 bits per heavy atom. The lowest BCUT2D eigenvalue weighted by Gasteiger charge is -2.43. The summed E-state index contributed by atoms with van der Waals surface area (Å²) in [4.78, 5) is 29.9. The lowest BCUT2D eigenvalue weighted by atomic mass is 10.0. The Hall–Kier alpha value is -3.73. The van der Waals surface area contributed by atoms with Crippen molar-refractivity contribution < 1.29 is 9.53 Å². The fourth-order valence-corrected chi connectivity index (χ4v) is 6.51. The van der Waals surface area contributed by atoms with Crippen LogP contribution in [0.3, 0.4) is 0 Å². The second-order valence-electron chi connectivity index (χ2n) is 12.1. The molecular weight excluding hydrogens is 540 g/mol. The number of ether oxygens (including phenoxy) is 1. The van der Waals surface area contributed by atoms with Crippen molar-refractivity contribution in [2.75, 3.05) is 75.1 Å². The maximum Gasteiger partial charge on any atom is 0.271 e. The fraction of sp³-hybridized carbons (Fsp3) is 0.485. The zero-order chi connectivity index (χ0) is 29.8. The number of nitrogens with zero attached hydrogens (tertiary/aromatic N) is 5. The molecule has 2 aromatic carbocycles. The van der Waals surface area contributed by atoms with Gasteiger partial charge in [0.15, 0.2) is 17.3 Å². The summed E-state index contributed by atoms with van der Waals surface area (Å²) in [5.74, 6) is 0.352. The van der Waals surface area contributed by atoms with Gasteiger partial charge in [-0.25, -0.2) is 9.97 Å². The number of aromatic nitrogens is 2. The Morgan fingerprint density at radius 1 is 0.907 bits per heavy atom. The monoisotopic (exact) mass is 584 g/mol. The summed E-state index contributed by atoms with van der Waals surface area (Å²) in [6, 6.07) is 17.0. The predicted molar refractivity (Wildman–Crippen MR) is 172 cm³/mol. The van der Waals surface area contributed by atoms with Gasteiger partial charge in [0.2, 0.25) is 0 Å². The molecule has 0 atom stereocenters. The highest BCUT2D eigenvalue weighted by Gasteiger charge is 2.27. The summed E-state index contributed by atoms with van der Waals surface area (Å²) in [7, 11) is 2.21. The van der Waals surface area contributed by atoms with Crippen LogP contribution in [0.5, 0.6) is 0 Å². The van der Waals surface area contributed by atoms with E-state index in [4.69, 9.17) is 20.4 Å². The molecule has 0 radical (unpaired) electrons. The highest BCUT2D eigenvalue weighted by atomic mass is 16.5. The van der Waals surface area contributed by atoms with Crippen LogP contribution in [0.2, 0.25) is 0 Å². The average Bonchev–Trinajstić information content (AvgIpc) is 3.03. The minimum Gasteiger partial charge on any atom is -0.381 e. The standard InChI is InChI=1S/C33H44N8O2/c1-23-22-26(8-9-28(23)41-14-10-27(11-15-41)40-18-16-39(2)17-19-40)36-33-30(31(34)42)37-29(24-6-4-3-5-7-24)32(38-33)35-25-12-20-43-21-13-25/h3-9,22,25,27H,10-21H2,1-2H3,(H2,34,42)(H2,35,36,38). The number of carbonyl (C=O) groups is 1. The summed E-state index contributed by atoms with van der Waals surface area (Å²) in [6.07, 6.45) is 4.14. The number of likely N-dealkylation sites (N-methyl/N-ethyl adjacent to an activating group) is 1. The number of hydrogen-bond acceptors (Lipinski definition) is 9. The molecule has 0 bridgehead atoms. The highest BCUT2D eigenvalue weighted by molar-refractivity contribution is 5.97. The number of carbonyl (C=O) groups excluding carboxylic acids is 1. The van der Waals surface area contributed by atoms with Gasteiger partial charge in [0.05, 0.1) is 0 Å². The van der Waals surface area contributed by atoms with Crippen LogP contribution in [0, 0.1) is 6.92 Å². The molecule has 4 heterocycles. The van der Waals surface area contributed by atoms with E-state index >= 15 is 0 Å². The van der Waals surface area contributed by atoms with Crippen LogP contribution in [-0.2, 0) is 4.74 Å². The van der Waals surface area contributed by atoms with Gasteiger partial charge in [-0.1, -0.05) is 30.3 Å². The van der Waals surface area contributed by atoms with E-state index < -0.39 is 5.91 Å². The molecule has 10 heteroatoms. The summed E-state index contributed by atoms with van der Waals surface area (Å²) in [5, 5.41) is 6.94. The first-order valence-corrected chi connectivity index (χ1v) is 15.6. The summed E-state index contributed by atoms with van der Waals surface area (Å²) >= 11 is 0. The van der Waals surface area contributed by atoms with Crippen LogP contribution < -0.4 is 21.3 Å². The third-order valence-corrected chi connectivity index (χ3v) is 9.06. The third-order valence-electron chi connectivity index (χ3n) is 9.06. The molecule has 3 saturated heterocycles. The number of benzene rings is 2. The van der Waals surface area contributed by atoms with Crippen LogP contribution in [0.25, 0.3) is 11.3 Å². The minimum absolute atomic E-state index is 0.115. The van der Waals surface area contributed by atoms with Crippen molar-refractivity contribution in [1.29, 1.82) is 0 Å². The van der Waals surface area contributed by atoms with E-state index in [2.05, 4.69) is 57.5 Å². The molecule has 43 heavy (non-hydrogen) atoms. The molecule has 0 unspecified atom stereocenters. The van der Waals surface area contributed by atoms with E-state index in [-0.39, 0.29) is 11.7 Å². The summed E-state index contributed by atoms with van der Waals surface area (Å²) in [6.45, 7) is 10.4. The summed E-state index contributed by atoms with van der Waals surface area (Å²) < 4.78 is 5.55. The SMILES string of the molecule is Cc1cc(Nc2nc(NC3CCOCC3)c(-c3ccccc3)nc2C(N)=O)ccc1N1CCC(N2CCN(C)CC2)CC1. The molecule has 0 aliphatic carbocycles. The molecule has 3 aromatic rings. The quantitative estimate of drug-likeness (QED) is 0.360. The van der Waals surface area contributed by atoms with E-state index in [1.165, 1.54) is 37.2 Å². The summed E-state index contributed by atoms with van der Waals surface area (Å²) in [5.41, 5.74) is 10.7. The molecule has 4 N–H and O–H groups in total. The van der Waals surface area contributed by atoms with Crippen LogP contribution in [0.4, 0.5) is 23.0 Å². The third kappa shape index (κ3) is 6.92. The van der Waals surface area contributed by atoms with Crippen LogP contribution in [0.15, 0.2) is 48.5 Å². The van der Waals surface area contributed by atoms with Crippen molar-refractivity contribution in [1.82, 2.24) is 19.8 Å². The molecule has 0 saturated carbocycles. The number of hydrogen-bond donors (Lipinski definition) is 3. The van der Waals surface area contributed by atoms with Crippen LogP contribution in [-0.4, -0.2) is 97.3 Å². The average molecular weight is 585 g/mol. The van der Waals surface area contributed by atoms with Gasteiger partial charge in [0.25, 0.3) is 5.91 Å². The van der Waals surface area contributed by atoms with Crippen molar-refractivity contribution in [3.05, 3.63) is 59.8 Å². The van der Waals surface area contributed by atoms with Crippen molar-refractivity contribution in [2.24, 2.45) is 5.73 Å². The van der Waals surface area contributed by atoms with E-state index in [1.54, 1.807) is 0 Å². The van der Waals surface area contributed by atoms with Crippen LogP contribution >= 0.6 is 0 Å². The number of aryl methyl sites for hydroxylation is 1. The fourth-order valence-electron chi connectivity index (χ4n) is 6.51. The second kappa shape index (κ2) is 13.3. The molecule has 1 aromatic heterocycles. The molecule has 1 amide bonds. The minimum atomic E-state index is -0.624. The molecule has 3 aliphatic heterocycles. The molecule has 6 rings (SSSR count). The molecule has 3 fully saturated rings. The van der Waals surface area contributed by atoms with Gasteiger partial charge in [-0.05, 0) is 63.4 Å².